The predicted molar refractivity (Wildman–Crippen MR) is 174 cm³/mol. The molecular formula is C35H39N3O5S. The molecular weight excluding hydrogens is 574 g/mol. The third-order valence-electron chi connectivity index (χ3n) is 7.08. The molecule has 0 saturated carbocycles. The number of aryl methyl sites for hydroxylation is 1. The summed E-state index contributed by atoms with van der Waals surface area (Å²) in [5, 5.41) is 2.95. The topological polar surface area (TPSA) is 96.0 Å². The number of carbonyl (C=O) groups excluding carboxylic acids is 2. The molecule has 0 heterocycles. The lowest BCUT2D eigenvalue weighted by atomic mass is 10.0. The van der Waals surface area contributed by atoms with E-state index in [9.17, 15) is 18.0 Å². The average molecular weight is 614 g/mol. The minimum atomic E-state index is -3.87. The Labute approximate surface area is 260 Å². The van der Waals surface area contributed by atoms with Crippen LogP contribution >= 0.6 is 0 Å². The lowest BCUT2D eigenvalue weighted by molar-refractivity contribution is -0.140. The van der Waals surface area contributed by atoms with Gasteiger partial charge in [0.05, 0.1) is 11.9 Å². The first-order chi connectivity index (χ1) is 21.1. The van der Waals surface area contributed by atoms with E-state index < -0.39 is 28.5 Å². The summed E-state index contributed by atoms with van der Waals surface area (Å²) in [5.74, 6) is 0.391. The summed E-state index contributed by atoms with van der Waals surface area (Å²) in [6, 6.07) is 32.1. The molecule has 0 fully saturated rings. The van der Waals surface area contributed by atoms with Crippen LogP contribution in [-0.4, -0.2) is 50.5 Å². The largest absolute Gasteiger partial charge is 0.457 e. The Balaban J connectivity index is 1.66. The fourth-order valence-electron chi connectivity index (χ4n) is 4.73. The van der Waals surface area contributed by atoms with Gasteiger partial charge in [-0.05, 0) is 60.9 Å². The molecule has 0 aliphatic rings. The molecule has 2 amide bonds. The van der Waals surface area contributed by atoms with Crippen molar-refractivity contribution in [2.24, 2.45) is 0 Å². The van der Waals surface area contributed by atoms with Gasteiger partial charge in [0.15, 0.2) is 0 Å². The van der Waals surface area contributed by atoms with Crippen LogP contribution in [0.2, 0.25) is 0 Å². The van der Waals surface area contributed by atoms with Crippen LogP contribution in [0.1, 0.15) is 30.0 Å². The van der Waals surface area contributed by atoms with Crippen molar-refractivity contribution in [3.63, 3.8) is 0 Å². The first-order valence-corrected chi connectivity index (χ1v) is 16.5. The van der Waals surface area contributed by atoms with Crippen LogP contribution in [0, 0.1) is 6.92 Å². The van der Waals surface area contributed by atoms with Crippen LogP contribution in [0.25, 0.3) is 0 Å². The second-order valence-corrected chi connectivity index (χ2v) is 12.6. The normalized spacial score (nSPS) is 11.8. The van der Waals surface area contributed by atoms with Crippen molar-refractivity contribution in [2.75, 3.05) is 23.7 Å². The number of amides is 2. The fourth-order valence-corrected chi connectivity index (χ4v) is 5.58. The molecule has 230 valence electrons. The highest BCUT2D eigenvalue weighted by molar-refractivity contribution is 7.92. The second-order valence-electron chi connectivity index (χ2n) is 10.7. The van der Waals surface area contributed by atoms with Crippen LogP contribution in [0.4, 0.5) is 5.69 Å². The maximum absolute atomic E-state index is 14.2. The molecule has 0 aliphatic heterocycles. The molecule has 0 unspecified atom stereocenters. The van der Waals surface area contributed by atoms with E-state index in [1.165, 1.54) is 4.90 Å². The van der Waals surface area contributed by atoms with Gasteiger partial charge in [0.2, 0.25) is 21.8 Å². The molecule has 1 N–H and O–H groups in total. The maximum atomic E-state index is 14.2. The van der Waals surface area contributed by atoms with Crippen molar-refractivity contribution in [3.8, 4) is 11.5 Å². The van der Waals surface area contributed by atoms with Gasteiger partial charge < -0.3 is 15.0 Å². The van der Waals surface area contributed by atoms with Crippen molar-refractivity contribution in [1.82, 2.24) is 10.2 Å². The van der Waals surface area contributed by atoms with E-state index in [1.54, 1.807) is 24.3 Å². The Hall–Kier alpha value is -4.63. The van der Waals surface area contributed by atoms with Gasteiger partial charge in [-0.2, -0.15) is 0 Å². The number of anilines is 1. The average Bonchev–Trinajstić information content (AvgIpc) is 3.02. The fraction of sp³-hybridized carbons (Fsp3) is 0.257. The SMILES string of the molecule is CCCNC(=O)[C@@H](Cc1ccccc1)N(Cc1ccc(C)cc1)C(=O)CN(c1ccc(Oc2ccccc2)cc1)S(C)(=O)=O. The molecule has 0 saturated heterocycles. The van der Waals surface area contributed by atoms with E-state index in [2.05, 4.69) is 5.32 Å². The van der Waals surface area contributed by atoms with Gasteiger partial charge in [0.25, 0.3) is 0 Å². The van der Waals surface area contributed by atoms with Gasteiger partial charge in [0.1, 0.15) is 24.1 Å². The molecule has 9 heteroatoms. The zero-order chi connectivity index (χ0) is 31.5. The number of rotatable bonds is 14. The Morgan fingerprint density at radius 3 is 1.98 bits per heavy atom. The maximum Gasteiger partial charge on any atom is 0.244 e. The number of ether oxygens (including phenoxy) is 1. The molecule has 0 spiro atoms. The Bertz CT molecular complexity index is 1610. The van der Waals surface area contributed by atoms with Crippen molar-refractivity contribution < 1.29 is 22.7 Å². The van der Waals surface area contributed by atoms with Gasteiger partial charge >= 0.3 is 0 Å². The van der Waals surface area contributed by atoms with Gasteiger partial charge in [-0.3, -0.25) is 13.9 Å². The van der Waals surface area contributed by atoms with E-state index in [1.807, 2.05) is 98.8 Å². The standard InChI is InChI=1S/C35H39N3O5S/c1-4-23-36-35(40)33(24-28-11-7-5-8-12-28)37(25-29-17-15-27(2)16-18-29)34(39)26-38(44(3,41)42)30-19-21-32(22-20-30)43-31-13-9-6-10-14-31/h5-22,33H,4,23-26H2,1-3H3,(H,36,40)/t33-/m1/s1. The highest BCUT2D eigenvalue weighted by Crippen LogP contribution is 2.26. The summed E-state index contributed by atoms with van der Waals surface area (Å²) in [4.78, 5) is 29.3. The van der Waals surface area contributed by atoms with Crippen molar-refractivity contribution >= 4 is 27.5 Å². The highest BCUT2D eigenvalue weighted by Gasteiger charge is 2.33. The summed E-state index contributed by atoms with van der Waals surface area (Å²) in [6.45, 7) is 4.06. The summed E-state index contributed by atoms with van der Waals surface area (Å²) in [6.07, 6.45) is 2.08. The number of sulfonamides is 1. The van der Waals surface area contributed by atoms with Crippen LogP contribution < -0.4 is 14.4 Å². The zero-order valence-electron chi connectivity index (χ0n) is 25.3. The first-order valence-electron chi connectivity index (χ1n) is 14.6. The number of nitrogens with zero attached hydrogens (tertiary/aromatic N) is 2. The van der Waals surface area contributed by atoms with Gasteiger partial charge in [-0.15, -0.1) is 0 Å². The van der Waals surface area contributed by atoms with Crippen LogP contribution in [0.15, 0.2) is 109 Å². The Morgan fingerprint density at radius 1 is 0.795 bits per heavy atom. The quantitative estimate of drug-likeness (QED) is 0.196. The minimum Gasteiger partial charge on any atom is -0.457 e. The number of carbonyl (C=O) groups is 2. The van der Waals surface area contributed by atoms with Crippen LogP contribution in [0.3, 0.4) is 0 Å². The van der Waals surface area contributed by atoms with E-state index in [0.29, 0.717) is 23.7 Å². The molecule has 1 atom stereocenters. The Kier molecular flexibility index (Phi) is 11.2. The summed E-state index contributed by atoms with van der Waals surface area (Å²) >= 11 is 0. The number of nitrogens with one attached hydrogen (secondary N) is 1. The van der Waals surface area contributed by atoms with E-state index in [4.69, 9.17) is 4.74 Å². The van der Waals surface area contributed by atoms with Gasteiger partial charge in [0, 0.05) is 19.5 Å². The number of benzene rings is 4. The molecule has 4 aromatic rings. The van der Waals surface area contributed by atoms with E-state index in [-0.39, 0.29) is 18.9 Å². The summed E-state index contributed by atoms with van der Waals surface area (Å²) < 4.78 is 33.0. The molecule has 44 heavy (non-hydrogen) atoms. The lowest BCUT2D eigenvalue weighted by Crippen LogP contribution is -2.53. The summed E-state index contributed by atoms with van der Waals surface area (Å²) in [7, 11) is -3.87. The number of hydrogen-bond acceptors (Lipinski definition) is 5. The molecule has 4 aromatic carbocycles. The molecule has 0 aliphatic carbocycles. The van der Waals surface area contributed by atoms with Crippen molar-refractivity contribution in [1.29, 1.82) is 0 Å². The second kappa shape index (κ2) is 15.2. The first kappa shape index (κ1) is 32.3. The molecule has 8 nitrogen and oxygen atoms in total. The van der Waals surface area contributed by atoms with Crippen LogP contribution in [-0.2, 0) is 32.6 Å². The van der Waals surface area contributed by atoms with Crippen LogP contribution in [0.5, 0.6) is 11.5 Å². The molecule has 4 rings (SSSR count). The van der Waals surface area contributed by atoms with Gasteiger partial charge in [-0.1, -0.05) is 85.3 Å². The minimum absolute atomic E-state index is 0.137. The molecule has 0 bridgehead atoms. The number of hydrogen-bond donors (Lipinski definition) is 1. The third kappa shape index (κ3) is 9.18. The molecule has 0 aromatic heterocycles. The number of para-hydroxylation sites is 1. The predicted octanol–water partition coefficient (Wildman–Crippen LogP) is 5.72. The Morgan fingerprint density at radius 2 is 1.39 bits per heavy atom. The third-order valence-corrected chi connectivity index (χ3v) is 8.22. The van der Waals surface area contributed by atoms with E-state index in [0.717, 1.165) is 33.7 Å². The van der Waals surface area contributed by atoms with Gasteiger partial charge in [-0.25, -0.2) is 8.42 Å². The van der Waals surface area contributed by atoms with Crippen molar-refractivity contribution in [2.45, 2.75) is 39.3 Å². The monoisotopic (exact) mass is 613 g/mol. The van der Waals surface area contributed by atoms with E-state index >= 15 is 0 Å². The molecule has 0 radical (unpaired) electrons. The smallest absolute Gasteiger partial charge is 0.244 e. The zero-order valence-corrected chi connectivity index (χ0v) is 26.2. The lowest BCUT2D eigenvalue weighted by Gasteiger charge is -2.33. The highest BCUT2D eigenvalue weighted by atomic mass is 32.2. The summed E-state index contributed by atoms with van der Waals surface area (Å²) in [5.41, 5.74) is 3.10. The van der Waals surface area contributed by atoms with Crippen molar-refractivity contribution in [3.05, 3.63) is 126 Å².